The predicted octanol–water partition coefficient (Wildman–Crippen LogP) is 4.92. The maximum Gasteiger partial charge on any atom is 0.490 e. The minimum absolute atomic E-state index is 0.200. The summed E-state index contributed by atoms with van der Waals surface area (Å²) in [6.45, 7) is 11.6. The van der Waals surface area contributed by atoms with Crippen LogP contribution in [0, 0.1) is 0 Å². The Kier molecular flexibility index (Phi) is 6.87. The molecule has 0 spiro atoms. The number of allylic oxidation sites excluding steroid dienone is 4. The van der Waals surface area contributed by atoms with Crippen molar-refractivity contribution in [1.29, 1.82) is 0 Å². The Balaban J connectivity index is 2.36. The van der Waals surface area contributed by atoms with Gasteiger partial charge in [0, 0.05) is 18.7 Å². The summed E-state index contributed by atoms with van der Waals surface area (Å²) in [6, 6.07) is 0. The first-order chi connectivity index (χ1) is 13.9. The van der Waals surface area contributed by atoms with Crippen molar-refractivity contribution in [2.75, 3.05) is 6.54 Å². The molecular weight excluding hydrogens is 427 g/mol. The summed E-state index contributed by atoms with van der Waals surface area (Å²) in [6.07, 6.45) is -7.86. The fraction of sp³-hybridized carbons (Fsp3) is 0.579. The zero-order chi connectivity index (χ0) is 23.8. The molecule has 0 aromatic carbocycles. The van der Waals surface area contributed by atoms with E-state index in [1.165, 1.54) is 6.08 Å². The molecule has 0 atom stereocenters. The van der Waals surface area contributed by atoms with Crippen LogP contribution in [0.1, 0.15) is 41.0 Å². The molecule has 0 radical (unpaired) electrons. The van der Waals surface area contributed by atoms with Gasteiger partial charge in [-0.15, -0.1) is 0 Å². The van der Waals surface area contributed by atoms with Gasteiger partial charge in [0.25, 0.3) is 0 Å². The first kappa shape index (κ1) is 25.2. The molecule has 1 saturated heterocycles. The van der Waals surface area contributed by atoms with Crippen LogP contribution in [-0.2, 0) is 9.31 Å². The molecule has 0 aromatic heterocycles. The fourth-order valence-electron chi connectivity index (χ4n) is 2.61. The molecule has 2 rings (SSSR count). The Labute approximate surface area is 177 Å². The molecule has 0 amide bonds. The molecular formula is C19H24BF6N3O2. The van der Waals surface area contributed by atoms with Crippen LogP contribution in [0.3, 0.4) is 0 Å². The van der Waals surface area contributed by atoms with Crippen molar-refractivity contribution in [3.8, 4) is 0 Å². The molecule has 12 heteroatoms. The number of nitrogens with zero attached hydrogens (tertiary/aromatic N) is 2. The molecule has 1 fully saturated rings. The topological polar surface area (TPSA) is 55.2 Å². The highest BCUT2D eigenvalue weighted by Crippen LogP contribution is 2.38. The van der Waals surface area contributed by atoms with Crippen LogP contribution in [0.15, 0.2) is 45.5 Å². The van der Waals surface area contributed by atoms with Crippen LogP contribution in [0.2, 0.25) is 0 Å². The monoisotopic (exact) mass is 451 g/mol. The van der Waals surface area contributed by atoms with Crippen molar-refractivity contribution in [2.45, 2.75) is 64.6 Å². The van der Waals surface area contributed by atoms with Crippen LogP contribution < -0.4 is 5.32 Å². The van der Waals surface area contributed by atoms with E-state index < -0.39 is 54.3 Å². The standard InChI is InChI=1S/C19H24BF6N3O2/c1-11(18(21,22)23)9-13(28-15-27-8-7-14(29-15)19(24,25)26)10-12(2)20-30-16(3,4)17(5,6)31-20/h9-10H,1,7-8H2,2-6H3,(H,27,28)/b12-10+,13-9+. The van der Waals surface area contributed by atoms with Crippen molar-refractivity contribution in [3.63, 3.8) is 0 Å². The summed E-state index contributed by atoms with van der Waals surface area (Å²) in [5.41, 5.74) is -3.45. The van der Waals surface area contributed by atoms with Gasteiger partial charge in [0.1, 0.15) is 5.71 Å². The Morgan fingerprint density at radius 1 is 1.06 bits per heavy atom. The van der Waals surface area contributed by atoms with E-state index >= 15 is 0 Å². The van der Waals surface area contributed by atoms with Crippen LogP contribution in [-0.4, -0.2) is 48.9 Å². The minimum atomic E-state index is -4.73. The molecule has 5 nitrogen and oxygen atoms in total. The molecule has 2 aliphatic rings. The van der Waals surface area contributed by atoms with Crippen molar-refractivity contribution >= 4 is 18.8 Å². The zero-order valence-corrected chi connectivity index (χ0v) is 17.8. The average Bonchev–Trinajstić information content (AvgIpc) is 2.81. The van der Waals surface area contributed by atoms with Crippen LogP contribution >= 0.6 is 0 Å². The lowest BCUT2D eigenvalue weighted by Gasteiger charge is -2.32. The SMILES string of the molecule is C=C(/C=C(\C=C(/C)B1OC(C)(C)C(C)(C)O1)NC1=NCCC(C(F)(F)F)=N1)C(F)(F)F. The number of guanidine groups is 1. The van der Waals surface area contributed by atoms with E-state index in [-0.39, 0.29) is 12.2 Å². The van der Waals surface area contributed by atoms with Crippen LogP contribution in [0.5, 0.6) is 0 Å². The second-order valence-corrected chi connectivity index (χ2v) is 8.24. The van der Waals surface area contributed by atoms with E-state index in [0.29, 0.717) is 11.5 Å². The molecule has 1 N–H and O–H groups in total. The number of rotatable bonds is 4. The van der Waals surface area contributed by atoms with E-state index in [4.69, 9.17) is 9.31 Å². The summed E-state index contributed by atoms with van der Waals surface area (Å²) in [7, 11) is -0.864. The molecule has 31 heavy (non-hydrogen) atoms. The summed E-state index contributed by atoms with van der Waals surface area (Å²) >= 11 is 0. The smallest absolute Gasteiger partial charge is 0.400 e. The average molecular weight is 451 g/mol. The van der Waals surface area contributed by atoms with Crippen molar-refractivity contribution in [1.82, 2.24) is 5.32 Å². The van der Waals surface area contributed by atoms with E-state index in [1.807, 2.05) is 27.7 Å². The molecule has 2 heterocycles. The highest BCUT2D eigenvalue weighted by atomic mass is 19.4. The quantitative estimate of drug-likeness (QED) is 0.375. The Morgan fingerprint density at radius 3 is 2.10 bits per heavy atom. The van der Waals surface area contributed by atoms with E-state index in [0.717, 1.165) is 0 Å². The third-order valence-corrected chi connectivity index (χ3v) is 5.14. The highest BCUT2D eigenvalue weighted by molar-refractivity contribution is 6.54. The molecule has 0 saturated carbocycles. The van der Waals surface area contributed by atoms with Gasteiger partial charge in [0.05, 0.1) is 16.8 Å². The van der Waals surface area contributed by atoms with Gasteiger partial charge in [0.15, 0.2) is 0 Å². The van der Waals surface area contributed by atoms with Crippen LogP contribution in [0.4, 0.5) is 26.3 Å². The number of hydrogen-bond acceptors (Lipinski definition) is 5. The first-order valence-corrected chi connectivity index (χ1v) is 9.40. The fourth-order valence-corrected chi connectivity index (χ4v) is 2.61. The summed E-state index contributed by atoms with van der Waals surface area (Å²) in [5.74, 6) is -0.447. The molecule has 172 valence electrons. The number of aliphatic imine (C=N–C) groups is 2. The summed E-state index contributed by atoms with van der Waals surface area (Å²) < 4.78 is 89.5. The van der Waals surface area contributed by atoms with E-state index in [1.54, 1.807) is 6.92 Å². The lowest BCUT2D eigenvalue weighted by Crippen LogP contribution is -2.41. The lowest BCUT2D eigenvalue weighted by molar-refractivity contribution is -0.0879. The van der Waals surface area contributed by atoms with Gasteiger partial charge in [0.2, 0.25) is 5.96 Å². The maximum absolute atomic E-state index is 13.0. The predicted molar refractivity (Wildman–Crippen MR) is 107 cm³/mol. The Morgan fingerprint density at radius 2 is 1.61 bits per heavy atom. The number of nitrogens with one attached hydrogen (secondary N) is 1. The van der Waals surface area contributed by atoms with Crippen molar-refractivity contribution in [3.05, 3.63) is 35.5 Å². The number of halogens is 6. The Bertz CT molecular complexity index is 838. The van der Waals surface area contributed by atoms with Crippen LogP contribution in [0.25, 0.3) is 0 Å². The summed E-state index contributed by atoms with van der Waals surface area (Å²) in [5, 5.41) is 2.43. The third-order valence-electron chi connectivity index (χ3n) is 5.14. The molecule has 0 bridgehead atoms. The van der Waals surface area contributed by atoms with Gasteiger partial charge in [-0.2, -0.15) is 26.3 Å². The highest BCUT2D eigenvalue weighted by Gasteiger charge is 2.51. The Hall–Kier alpha value is -2.08. The minimum Gasteiger partial charge on any atom is -0.400 e. The molecule has 0 aliphatic carbocycles. The number of alkyl halides is 6. The van der Waals surface area contributed by atoms with Gasteiger partial charge < -0.3 is 14.6 Å². The maximum atomic E-state index is 13.0. The first-order valence-electron chi connectivity index (χ1n) is 9.40. The second-order valence-electron chi connectivity index (χ2n) is 8.24. The number of hydrogen-bond donors (Lipinski definition) is 1. The van der Waals surface area contributed by atoms with Gasteiger partial charge in [-0.1, -0.05) is 6.58 Å². The molecule has 0 aromatic rings. The van der Waals surface area contributed by atoms with E-state index in [9.17, 15) is 26.3 Å². The van der Waals surface area contributed by atoms with Gasteiger partial charge in [-0.25, -0.2) is 4.99 Å². The van der Waals surface area contributed by atoms with Gasteiger partial charge in [-0.3, -0.25) is 4.99 Å². The zero-order valence-electron chi connectivity index (χ0n) is 17.8. The second kappa shape index (κ2) is 8.46. The normalized spacial score (nSPS) is 22.2. The van der Waals surface area contributed by atoms with Crippen molar-refractivity contribution in [2.24, 2.45) is 9.98 Å². The lowest BCUT2D eigenvalue weighted by atomic mass is 9.79. The third kappa shape index (κ3) is 6.22. The van der Waals surface area contributed by atoms with Crippen molar-refractivity contribution < 1.29 is 35.7 Å². The van der Waals surface area contributed by atoms with Gasteiger partial charge in [-0.05, 0) is 52.2 Å². The van der Waals surface area contributed by atoms with Gasteiger partial charge >= 0.3 is 19.5 Å². The summed E-state index contributed by atoms with van der Waals surface area (Å²) in [4.78, 5) is 7.23. The molecule has 2 aliphatic heterocycles. The largest absolute Gasteiger partial charge is 0.490 e. The molecule has 0 unspecified atom stereocenters. The van der Waals surface area contributed by atoms with E-state index in [2.05, 4.69) is 21.9 Å².